The van der Waals surface area contributed by atoms with Crippen molar-refractivity contribution in [2.24, 2.45) is 0 Å². The van der Waals surface area contributed by atoms with Gasteiger partial charge >= 0.3 is 0 Å². The van der Waals surface area contributed by atoms with Crippen LogP contribution in [0.25, 0.3) is 6.08 Å². The Labute approximate surface area is 134 Å². The largest absolute Gasteiger partial charge is 0.493 e. The van der Waals surface area contributed by atoms with E-state index in [1.165, 1.54) is 39.0 Å². The number of methoxy groups -OCH3 is 1. The molecular weight excluding hydrogens is 276 g/mol. The first-order valence-corrected chi connectivity index (χ1v) is 8.17. The molecule has 0 fully saturated rings. The lowest BCUT2D eigenvalue weighted by Gasteiger charge is -2.11. The van der Waals surface area contributed by atoms with Crippen molar-refractivity contribution in [3.63, 3.8) is 0 Å². The summed E-state index contributed by atoms with van der Waals surface area (Å²) < 4.78 is 11.2. The molecule has 1 aromatic rings. The van der Waals surface area contributed by atoms with Gasteiger partial charge in [-0.3, -0.25) is 4.79 Å². The molecule has 0 atom stereocenters. The Morgan fingerprint density at radius 1 is 1.09 bits per heavy atom. The fourth-order valence-electron chi connectivity index (χ4n) is 2.19. The van der Waals surface area contributed by atoms with Gasteiger partial charge in [-0.1, -0.05) is 51.2 Å². The monoisotopic (exact) mass is 304 g/mol. The SMILES string of the molecule is CCCCCCCCOc1ccc(C=CC(C)=O)cc1OC. The predicted molar refractivity (Wildman–Crippen MR) is 91.6 cm³/mol. The number of ketones is 1. The molecule has 22 heavy (non-hydrogen) atoms. The number of rotatable bonds is 11. The van der Waals surface area contributed by atoms with Gasteiger partial charge in [0.1, 0.15) is 0 Å². The van der Waals surface area contributed by atoms with E-state index in [-0.39, 0.29) is 5.78 Å². The number of unbranched alkanes of at least 4 members (excludes halogenated alkanes) is 5. The van der Waals surface area contributed by atoms with Crippen LogP contribution in [0.5, 0.6) is 11.5 Å². The Morgan fingerprint density at radius 2 is 1.82 bits per heavy atom. The Bertz CT molecular complexity index is 478. The average Bonchev–Trinajstić information content (AvgIpc) is 2.52. The van der Waals surface area contributed by atoms with Crippen LogP contribution in [0.4, 0.5) is 0 Å². The highest BCUT2D eigenvalue weighted by molar-refractivity contribution is 5.91. The Balaban J connectivity index is 2.44. The topological polar surface area (TPSA) is 35.5 Å². The van der Waals surface area contributed by atoms with E-state index in [4.69, 9.17) is 9.47 Å². The summed E-state index contributed by atoms with van der Waals surface area (Å²) in [6.07, 6.45) is 10.8. The molecule has 0 aromatic heterocycles. The van der Waals surface area contributed by atoms with Crippen molar-refractivity contribution in [2.45, 2.75) is 52.4 Å². The van der Waals surface area contributed by atoms with Crippen molar-refractivity contribution in [3.05, 3.63) is 29.8 Å². The first-order chi connectivity index (χ1) is 10.7. The number of hydrogen-bond acceptors (Lipinski definition) is 3. The Hall–Kier alpha value is -1.77. The molecular formula is C19H28O3. The zero-order valence-electron chi connectivity index (χ0n) is 14.1. The van der Waals surface area contributed by atoms with Crippen LogP contribution >= 0.6 is 0 Å². The summed E-state index contributed by atoms with van der Waals surface area (Å²) in [6.45, 7) is 4.47. The number of benzene rings is 1. The minimum Gasteiger partial charge on any atom is -0.493 e. The van der Waals surface area contributed by atoms with Gasteiger partial charge in [0.25, 0.3) is 0 Å². The summed E-state index contributed by atoms with van der Waals surface area (Å²) >= 11 is 0. The molecule has 3 heteroatoms. The first kappa shape index (κ1) is 18.3. The fraction of sp³-hybridized carbons (Fsp3) is 0.526. The smallest absolute Gasteiger partial charge is 0.161 e. The zero-order valence-corrected chi connectivity index (χ0v) is 14.1. The van der Waals surface area contributed by atoms with Gasteiger partial charge in [0.15, 0.2) is 17.3 Å². The van der Waals surface area contributed by atoms with Crippen LogP contribution in [-0.4, -0.2) is 19.5 Å². The van der Waals surface area contributed by atoms with Crippen LogP contribution in [0, 0.1) is 0 Å². The number of ether oxygens (including phenoxy) is 2. The maximum Gasteiger partial charge on any atom is 0.161 e. The number of hydrogen-bond donors (Lipinski definition) is 0. The summed E-state index contributed by atoms with van der Waals surface area (Å²) in [5.74, 6) is 1.50. The third kappa shape index (κ3) is 7.30. The molecule has 0 spiro atoms. The lowest BCUT2D eigenvalue weighted by atomic mass is 10.1. The summed E-state index contributed by atoms with van der Waals surface area (Å²) in [6, 6.07) is 5.71. The van der Waals surface area contributed by atoms with Crippen molar-refractivity contribution < 1.29 is 14.3 Å². The van der Waals surface area contributed by atoms with Crippen LogP contribution in [0.15, 0.2) is 24.3 Å². The van der Waals surface area contributed by atoms with Gasteiger partial charge < -0.3 is 9.47 Å². The van der Waals surface area contributed by atoms with Crippen molar-refractivity contribution in [2.75, 3.05) is 13.7 Å². The van der Waals surface area contributed by atoms with E-state index in [0.717, 1.165) is 17.7 Å². The lowest BCUT2D eigenvalue weighted by Crippen LogP contribution is -1.99. The normalized spacial score (nSPS) is 10.9. The third-order valence-electron chi connectivity index (χ3n) is 3.45. The van der Waals surface area contributed by atoms with Gasteiger partial charge in [-0.2, -0.15) is 0 Å². The van der Waals surface area contributed by atoms with Gasteiger partial charge in [-0.25, -0.2) is 0 Å². The van der Waals surface area contributed by atoms with Crippen molar-refractivity contribution in [1.82, 2.24) is 0 Å². The molecule has 3 nitrogen and oxygen atoms in total. The predicted octanol–water partition coefficient (Wildman–Crippen LogP) is 5.04. The molecule has 0 N–H and O–H groups in total. The molecule has 1 rings (SSSR count). The number of carbonyl (C=O) groups excluding carboxylic acids is 1. The van der Waals surface area contributed by atoms with Gasteiger partial charge in [0.05, 0.1) is 13.7 Å². The molecule has 0 aliphatic heterocycles. The van der Waals surface area contributed by atoms with E-state index in [2.05, 4.69) is 6.92 Å². The van der Waals surface area contributed by atoms with Gasteiger partial charge in [-0.15, -0.1) is 0 Å². The quantitative estimate of drug-likeness (QED) is 0.424. The standard InChI is InChI=1S/C19H28O3/c1-4-5-6-7-8-9-14-22-18-13-12-17(11-10-16(2)20)15-19(18)21-3/h10-13,15H,4-9,14H2,1-3H3. The van der Waals surface area contributed by atoms with Gasteiger partial charge in [0, 0.05) is 0 Å². The third-order valence-corrected chi connectivity index (χ3v) is 3.45. The van der Waals surface area contributed by atoms with E-state index in [9.17, 15) is 4.79 Å². The second kappa shape index (κ2) is 10.9. The number of allylic oxidation sites excluding steroid dienone is 1. The second-order valence-electron chi connectivity index (χ2n) is 5.47. The molecule has 1 aromatic carbocycles. The minimum absolute atomic E-state index is 0.0300. The molecule has 0 aliphatic carbocycles. The van der Waals surface area contributed by atoms with E-state index in [0.29, 0.717) is 12.4 Å². The molecule has 0 saturated heterocycles. The van der Waals surface area contributed by atoms with Gasteiger partial charge in [-0.05, 0) is 37.1 Å². The molecule has 0 radical (unpaired) electrons. The van der Waals surface area contributed by atoms with Crippen LogP contribution in [0.3, 0.4) is 0 Å². The number of carbonyl (C=O) groups is 1. The molecule has 0 unspecified atom stereocenters. The van der Waals surface area contributed by atoms with E-state index >= 15 is 0 Å². The van der Waals surface area contributed by atoms with Crippen molar-refractivity contribution >= 4 is 11.9 Å². The van der Waals surface area contributed by atoms with E-state index < -0.39 is 0 Å². The second-order valence-corrected chi connectivity index (χ2v) is 5.47. The maximum absolute atomic E-state index is 11.0. The molecule has 0 aliphatic rings. The zero-order chi connectivity index (χ0) is 16.2. The summed E-state index contributed by atoms with van der Waals surface area (Å²) in [5.41, 5.74) is 0.930. The van der Waals surface area contributed by atoms with Crippen LogP contribution in [-0.2, 0) is 4.79 Å². The first-order valence-electron chi connectivity index (χ1n) is 8.17. The van der Waals surface area contributed by atoms with Crippen LogP contribution < -0.4 is 9.47 Å². The summed E-state index contributed by atoms with van der Waals surface area (Å²) in [5, 5.41) is 0. The molecule has 122 valence electrons. The minimum atomic E-state index is 0.0300. The van der Waals surface area contributed by atoms with E-state index in [1.807, 2.05) is 18.2 Å². The Kier molecular flexibility index (Phi) is 9.04. The molecule has 0 heterocycles. The molecule has 0 bridgehead atoms. The lowest BCUT2D eigenvalue weighted by molar-refractivity contribution is -0.112. The highest BCUT2D eigenvalue weighted by atomic mass is 16.5. The van der Waals surface area contributed by atoms with E-state index in [1.54, 1.807) is 19.3 Å². The van der Waals surface area contributed by atoms with Crippen molar-refractivity contribution in [1.29, 1.82) is 0 Å². The van der Waals surface area contributed by atoms with Gasteiger partial charge in [0.2, 0.25) is 0 Å². The highest BCUT2D eigenvalue weighted by Crippen LogP contribution is 2.28. The summed E-state index contributed by atoms with van der Waals surface area (Å²) in [4.78, 5) is 11.0. The summed E-state index contributed by atoms with van der Waals surface area (Å²) in [7, 11) is 1.63. The molecule has 0 saturated carbocycles. The van der Waals surface area contributed by atoms with Crippen LogP contribution in [0.2, 0.25) is 0 Å². The fourth-order valence-corrected chi connectivity index (χ4v) is 2.19. The molecule has 0 amide bonds. The van der Waals surface area contributed by atoms with Crippen LogP contribution in [0.1, 0.15) is 57.9 Å². The average molecular weight is 304 g/mol. The maximum atomic E-state index is 11.0. The Morgan fingerprint density at radius 3 is 2.50 bits per heavy atom. The highest BCUT2D eigenvalue weighted by Gasteiger charge is 2.04. The van der Waals surface area contributed by atoms with Crippen molar-refractivity contribution in [3.8, 4) is 11.5 Å².